The third kappa shape index (κ3) is 6.52. The molecule has 0 bridgehead atoms. The second kappa shape index (κ2) is 11.9. The maximum atomic E-state index is 13.6. The van der Waals surface area contributed by atoms with Crippen LogP contribution in [-0.4, -0.2) is 75.1 Å². The summed E-state index contributed by atoms with van der Waals surface area (Å²) >= 11 is 0. The molecule has 1 N–H and O–H groups in total. The summed E-state index contributed by atoms with van der Waals surface area (Å²) in [6.07, 6.45) is 1.72. The van der Waals surface area contributed by atoms with Crippen LogP contribution in [0.15, 0.2) is 47.4 Å². The number of amides is 1. The minimum Gasteiger partial charge on any atom is -0.497 e. The average Bonchev–Trinajstić information content (AvgIpc) is 3.52. The van der Waals surface area contributed by atoms with Crippen LogP contribution in [0.4, 0.5) is 0 Å². The molecule has 4 rings (SSSR count). The molecule has 3 unspecified atom stereocenters. The number of carbonyl (C=O) groups excluding carboxylic acids is 1. The summed E-state index contributed by atoms with van der Waals surface area (Å²) < 4.78 is 40.0. The molecule has 2 fully saturated rings. The molecule has 2 aliphatic heterocycles. The SMILES string of the molecule is COc1cc(C)c(S(=O)(=O)N2CCCC2COC(C)C(=O)NC2CCN(Cc3ccccc3)C2)c(C)c1. The molecule has 37 heavy (non-hydrogen) atoms. The lowest BCUT2D eigenvalue weighted by Crippen LogP contribution is -2.44. The van der Waals surface area contributed by atoms with E-state index in [-0.39, 0.29) is 24.6 Å². The first-order valence-electron chi connectivity index (χ1n) is 13.0. The zero-order valence-corrected chi connectivity index (χ0v) is 23.1. The van der Waals surface area contributed by atoms with Crippen LogP contribution in [0, 0.1) is 13.8 Å². The highest BCUT2D eigenvalue weighted by atomic mass is 32.2. The van der Waals surface area contributed by atoms with E-state index in [0.29, 0.717) is 34.7 Å². The fourth-order valence-electron chi connectivity index (χ4n) is 5.43. The Bertz CT molecular complexity index is 1160. The number of likely N-dealkylation sites (tertiary alicyclic amines) is 1. The zero-order valence-electron chi connectivity index (χ0n) is 22.3. The normalized spacial score (nSPS) is 21.7. The first-order chi connectivity index (χ1) is 17.7. The van der Waals surface area contributed by atoms with E-state index in [2.05, 4.69) is 22.3 Å². The molecule has 0 aromatic heterocycles. The first-order valence-corrected chi connectivity index (χ1v) is 14.5. The van der Waals surface area contributed by atoms with Gasteiger partial charge in [-0.25, -0.2) is 8.42 Å². The van der Waals surface area contributed by atoms with Crippen LogP contribution in [0.2, 0.25) is 0 Å². The second-order valence-electron chi connectivity index (χ2n) is 10.2. The summed E-state index contributed by atoms with van der Waals surface area (Å²) in [7, 11) is -2.13. The van der Waals surface area contributed by atoms with Gasteiger partial charge in [-0.2, -0.15) is 4.31 Å². The molecule has 1 amide bonds. The Balaban J connectivity index is 1.30. The van der Waals surface area contributed by atoms with E-state index >= 15 is 0 Å². The van der Waals surface area contributed by atoms with E-state index in [4.69, 9.17) is 9.47 Å². The minimum atomic E-state index is -3.70. The van der Waals surface area contributed by atoms with Crippen molar-refractivity contribution in [3.63, 3.8) is 0 Å². The van der Waals surface area contributed by atoms with Crippen LogP contribution in [0.25, 0.3) is 0 Å². The molecule has 0 spiro atoms. The molecule has 2 aliphatic rings. The molecular weight excluding hydrogens is 490 g/mol. The quantitative estimate of drug-likeness (QED) is 0.508. The van der Waals surface area contributed by atoms with Crippen LogP contribution in [0.5, 0.6) is 5.75 Å². The topological polar surface area (TPSA) is 88.2 Å². The molecule has 8 nitrogen and oxygen atoms in total. The monoisotopic (exact) mass is 529 g/mol. The van der Waals surface area contributed by atoms with Gasteiger partial charge in [0, 0.05) is 38.3 Å². The summed E-state index contributed by atoms with van der Waals surface area (Å²) in [5.74, 6) is 0.487. The Kier molecular flexibility index (Phi) is 8.90. The highest BCUT2D eigenvalue weighted by Gasteiger charge is 2.37. The van der Waals surface area contributed by atoms with Gasteiger partial charge in [-0.3, -0.25) is 9.69 Å². The second-order valence-corrected chi connectivity index (χ2v) is 12.0. The predicted octanol–water partition coefficient (Wildman–Crippen LogP) is 3.26. The molecule has 2 heterocycles. The lowest BCUT2D eigenvalue weighted by molar-refractivity contribution is -0.133. The highest BCUT2D eigenvalue weighted by molar-refractivity contribution is 7.89. The maximum Gasteiger partial charge on any atom is 0.249 e. The van der Waals surface area contributed by atoms with Crippen molar-refractivity contribution < 1.29 is 22.7 Å². The van der Waals surface area contributed by atoms with Crippen molar-refractivity contribution in [1.82, 2.24) is 14.5 Å². The van der Waals surface area contributed by atoms with Gasteiger partial charge in [0.15, 0.2) is 0 Å². The van der Waals surface area contributed by atoms with Gasteiger partial charge in [-0.1, -0.05) is 30.3 Å². The Morgan fingerprint density at radius 3 is 2.49 bits per heavy atom. The Morgan fingerprint density at radius 1 is 1.11 bits per heavy atom. The van der Waals surface area contributed by atoms with E-state index in [1.807, 2.05) is 18.2 Å². The smallest absolute Gasteiger partial charge is 0.249 e. The van der Waals surface area contributed by atoms with E-state index in [1.54, 1.807) is 40.0 Å². The number of benzene rings is 2. The third-order valence-electron chi connectivity index (χ3n) is 7.33. The Morgan fingerprint density at radius 2 is 1.81 bits per heavy atom. The number of hydrogen-bond acceptors (Lipinski definition) is 6. The molecule has 0 aliphatic carbocycles. The summed E-state index contributed by atoms with van der Waals surface area (Å²) in [6.45, 7) is 8.57. The Labute approximate surface area is 221 Å². The van der Waals surface area contributed by atoms with Gasteiger partial charge in [0.25, 0.3) is 0 Å². The predicted molar refractivity (Wildman–Crippen MR) is 143 cm³/mol. The zero-order chi connectivity index (χ0) is 26.6. The van der Waals surface area contributed by atoms with Gasteiger partial charge in [0.05, 0.1) is 18.6 Å². The summed E-state index contributed by atoms with van der Waals surface area (Å²) in [5.41, 5.74) is 2.59. The molecule has 2 aromatic rings. The fraction of sp³-hybridized carbons (Fsp3) is 0.536. The number of rotatable bonds is 10. The van der Waals surface area contributed by atoms with Crippen molar-refractivity contribution >= 4 is 15.9 Å². The van der Waals surface area contributed by atoms with Crippen LogP contribution in [0.3, 0.4) is 0 Å². The molecular formula is C28H39N3O5S. The van der Waals surface area contributed by atoms with E-state index < -0.39 is 16.1 Å². The first kappa shape index (κ1) is 27.6. The van der Waals surface area contributed by atoms with Crippen molar-refractivity contribution in [2.45, 2.75) is 69.7 Å². The molecule has 3 atom stereocenters. The Hall–Kier alpha value is -2.46. The molecule has 202 valence electrons. The van der Waals surface area contributed by atoms with Gasteiger partial charge in [0.1, 0.15) is 11.9 Å². The van der Waals surface area contributed by atoms with E-state index in [0.717, 1.165) is 32.5 Å². The van der Waals surface area contributed by atoms with Crippen molar-refractivity contribution in [1.29, 1.82) is 0 Å². The number of nitrogens with one attached hydrogen (secondary N) is 1. The third-order valence-corrected chi connectivity index (χ3v) is 9.59. The van der Waals surface area contributed by atoms with Crippen LogP contribution in [-0.2, 0) is 26.1 Å². The number of methoxy groups -OCH3 is 1. The maximum absolute atomic E-state index is 13.6. The fourth-order valence-corrected chi connectivity index (χ4v) is 7.52. The van der Waals surface area contributed by atoms with Crippen molar-refractivity contribution in [3.05, 3.63) is 59.2 Å². The van der Waals surface area contributed by atoms with Gasteiger partial charge < -0.3 is 14.8 Å². The molecule has 0 radical (unpaired) electrons. The van der Waals surface area contributed by atoms with Crippen LogP contribution in [0.1, 0.15) is 42.9 Å². The molecule has 9 heteroatoms. The van der Waals surface area contributed by atoms with Crippen LogP contribution < -0.4 is 10.1 Å². The molecule has 2 saturated heterocycles. The van der Waals surface area contributed by atoms with Crippen molar-refractivity contribution in [2.24, 2.45) is 0 Å². The van der Waals surface area contributed by atoms with Crippen molar-refractivity contribution in [2.75, 3.05) is 33.4 Å². The van der Waals surface area contributed by atoms with Gasteiger partial charge in [-0.15, -0.1) is 0 Å². The van der Waals surface area contributed by atoms with Crippen LogP contribution >= 0.6 is 0 Å². The highest BCUT2D eigenvalue weighted by Crippen LogP contribution is 2.32. The number of nitrogens with zero attached hydrogens (tertiary/aromatic N) is 2. The number of ether oxygens (including phenoxy) is 2. The van der Waals surface area contributed by atoms with E-state index in [1.165, 1.54) is 9.87 Å². The number of sulfonamides is 1. The lowest BCUT2D eigenvalue weighted by atomic mass is 10.1. The summed E-state index contributed by atoms with van der Waals surface area (Å²) in [4.78, 5) is 15.5. The van der Waals surface area contributed by atoms with E-state index in [9.17, 15) is 13.2 Å². The van der Waals surface area contributed by atoms with Gasteiger partial charge in [-0.05, 0) is 68.9 Å². The van der Waals surface area contributed by atoms with Crippen molar-refractivity contribution in [3.8, 4) is 5.75 Å². The van der Waals surface area contributed by atoms with Gasteiger partial charge in [0.2, 0.25) is 15.9 Å². The van der Waals surface area contributed by atoms with Gasteiger partial charge >= 0.3 is 0 Å². The standard InChI is InChI=1S/C28H39N3O5S/c1-20-15-26(35-4)16-21(2)27(20)37(33,34)31-13-8-11-25(31)19-36-22(3)28(32)29-24-12-14-30(18-24)17-23-9-6-5-7-10-23/h5-7,9-10,15-16,22,24-25H,8,11-14,17-19H2,1-4H3,(H,29,32). The summed E-state index contributed by atoms with van der Waals surface area (Å²) in [6, 6.07) is 13.6. The molecule has 0 saturated carbocycles. The average molecular weight is 530 g/mol. The largest absolute Gasteiger partial charge is 0.497 e. The number of carbonyl (C=O) groups is 1. The molecule has 2 aromatic carbocycles. The minimum absolute atomic E-state index is 0.0895. The number of aryl methyl sites for hydroxylation is 2. The summed E-state index contributed by atoms with van der Waals surface area (Å²) in [5, 5.41) is 3.11. The number of hydrogen-bond donors (Lipinski definition) is 1. The lowest BCUT2D eigenvalue weighted by Gasteiger charge is -2.27.